The Morgan fingerprint density at radius 1 is 1.23 bits per heavy atom. The van der Waals surface area contributed by atoms with Crippen LogP contribution in [-0.4, -0.2) is 28.4 Å². The second kappa shape index (κ2) is 9.62. The summed E-state index contributed by atoms with van der Waals surface area (Å²) in [5.74, 6) is -3.57. The van der Waals surface area contributed by atoms with Gasteiger partial charge >= 0.3 is 5.97 Å². The summed E-state index contributed by atoms with van der Waals surface area (Å²) in [6.45, 7) is 1.05. The first-order valence-corrected chi connectivity index (χ1v) is 10.2. The molecular formula is C19H13F2N3O5S2. The summed E-state index contributed by atoms with van der Waals surface area (Å²) >= 11 is 2.43. The summed E-state index contributed by atoms with van der Waals surface area (Å²) in [6, 6.07) is 6.20. The molecule has 2 aromatic carbocycles. The Bertz CT molecular complexity index is 1150. The van der Waals surface area contributed by atoms with E-state index in [2.05, 4.69) is 10.3 Å². The van der Waals surface area contributed by atoms with E-state index in [4.69, 9.17) is 4.74 Å². The maximum Gasteiger partial charge on any atom is 0.338 e. The quantitative estimate of drug-likeness (QED) is 0.309. The number of benzene rings is 2. The van der Waals surface area contributed by atoms with Crippen molar-refractivity contribution in [2.75, 3.05) is 11.9 Å². The van der Waals surface area contributed by atoms with Crippen molar-refractivity contribution in [2.45, 2.75) is 16.2 Å². The van der Waals surface area contributed by atoms with Crippen LogP contribution in [0.1, 0.15) is 16.1 Å². The summed E-state index contributed by atoms with van der Waals surface area (Å²) in [5.41, 5.74) is 0.200. The maximum absolute atomic E-state index is 13.2. The first-order chi connectivity index (χ1) is 14.7. The van der Waals surface area contributed by atoms with Crippen molar-refractivity contribution < 1.29 is 28.0 Å². The third kappa shape index (κ3) is 6.06. The summed E-state index contributed by atoms with van der Waals surface area (Å²) < 4.78 is 31.8. The smallest absolute Gasteiger partial charge is 0.338 e. The van der Waals surface area contributed by atoms with Gasteiger partial charge in [0.1, 0.15) is 11.6 Å². The van der Waals surface area contributed by atoms with E-state index in [1.165, 1.54) is 23.5 Å². The Morgan fingerprint density at radius 3 is 2.55 bits per heavy atom. The molecule has 3 rings (SSSR count). The van der Waals surface area contributed by atoms with E-state index in [0.29, 0.717) is 15.3 Å². The van der Waals surface area contributed by atoms with Crippen LogP contribution in [0, 0.1) is 28.7 Å². The van der Waals surface area contributed by atoms with Gasteiger partial charge in [0.05, 0.1) is 15.4 Å². The number of hydrogen-bond donors (Lipinski definition) is 1. The topological polar surface area (TPSA) is 111 Å². The molecule has 0 fully saturated rings. The standard InChI is InChI=1S/C19H13F2N3O5S2/c1-10-9-30-19(22-10)31-16-3-2-11(4-15(16)24(27)28)18(26)29-8-17(25)23-14-6-12(20)5-13(21)7-14/h2-7,9H,8H2,1H3,(H,23,25). The second-order valence-corrected chi connectivity index (χ2v) is 8.23. The van der Waals surface area contributed by atoms with Gasteiger partial charge in [-0.2, -0.15) is 0 Å². The van der Waals surface area contributed by atoms with Gasteiger partial charge < -0.3 is 10.1 Å². The lowest BCUT2D eigenvalue weighted by molar-refractivity contribution is -0.387. The number of nitrogens with one attached hydrogen (secondary N) is 1. The monoisotopic (exact) mass is 465 g/mol. The maximum atomic E-state index is 13.2. The molecule has 0 aliphatic heterocycles. The predicted molar refractivity (Wildman–Crippen MR) is 109 cm³/mol. The Balaban J connectivity index is 1.66. The van der Waals surface area contributed by atoms with Gasteiger partial charge in [0.2, 0.25) is 0 Å². The number of nitro benzene ring substituents is 1. The number of aromatic nitrogens is 1. The van der Waals surface area contributed by atoms with Crippen molar-refractivity contribution in [1.82, 2.24) is 4.98 Å². The number of ether oxygens (including phenoxy) is 1. The number of hydrogen-bond acceptors (Lipinski definition) is 8. The number of nitrogens with zero attached hydrogens (tertiary/aromatic N) is 2. The zero-order valence-electron chi connectivity index (χ0n) is 15.8. The van der Waals surface area contributed by atoms with E-state index in [9.17, 15) is 28.5 Å². The number of halogens is 2. The Morgan fingerprint density at radius 2 is 1.94 bits per heavy atom. The van der Waals surface area contributed by atoms with Gasteiger partial charge in [-0.25, -0.2) is 18.6 Å². The molecule has 0 saturated carbocycles. The van der Waals surface area contributed by atoms with Gasteiger partial charge in [0.15, 0.2) is 10.9 Å². The van der Waals surface area contributed by atoms with Gasteiger partial charge in [-0.3, -0.25) is 14.9 Å². The molecule has 1 N–H and O–H groups in total. The number of anilines is 1. The van der Waals surface area contributed by atoms with E-state index in [1.54, 1.807) is 6.92 Å². The molecule has 160 valence electrons. The van der Waals surface area contributed by atoms with Crippen LogP contribution >= 0.6 is 23.1 Å². The van der Waals surface area contributed by atoms with Crippen LogP contribution < -0.4 is 5.32 Å². The van der Waals surface area contributed by atoms with Crippen LogP contribution in [-0.2, 0) is 9.53 Å². The first-order valence-electron chi connectivity index (χ1n) is 8.53. The molecule has 0 saturated heterocycles. The summed E-state index contributed by atoms with van der Waals surface area (Å²) in [7, 11) is 0. The molecule has 12 heteroatoms. The SMILES string of the molecule is Cc1csc(Sc2ccc(C(=O)OCC(=O)Nc3cc(F)cc(F)c3)cc2[N+](=O)[O-])n1. The Kier molecular flexibility index (Phi) is 6.92. The molecule has 3 aromatic rings. The minimum absolute atomic E-state index is 0.129. The molecule has 0 atom stereocenters. The van der Waals surface area contributed by atoms with Gasteiger partial charge in [-0.15, -0.1) is 11.3 Å². The fourth-order valence-corrected chi connectivity index (χ4v) is 4.26. The van der Waals surface area contributed by atoms with E-state index in [1.807, 2.05) is 5.38 Å². The van der Waals surface area contributed by atoms with Crippen molar-refractivity contribution in [3.8, 4) is 0 Å². The molecule has 0 unspecified atom stereocenters. The number of carbonyl (C=O) groups is 2. The van der Waals surface area contributed by atoms with Gasteiger partial charge in [0, 0.05) is 28.9 Å². The fraction of sp³-hybridized carbons (Fsp3) is 0.105. The average molecular weight is 465 g/mol. The third-order valence-corrected chi connectivity index (χ3v) is 5.79. The lowest BCUT2D eigenvalue weighted by Gasteiger charge is -2.08. The molecule has 1 heterocycles. The number of rotatable bonds is 7. The van der Waals surface area contributed by atoms with Crippen LogP contribution in [0.15, 0.2) is 51.0 Å². The molecule has 31 heavy (non-hydrogen) atoms. The van der Waals surface area contributed by atoms with Gasteiger partial charge in [-0.05, 0) is 31.2 Å². The van der Waals surface area contributed by atoms with E-state index >= 15 is 0 Å². The summed E-state index contributed by atoms with van der Waals surface area (Å²) in [4.78, 5) is 39.4. The van der Waals surface area contributed by atoms with Crippen molar-refractivity contribution in [1.29, 1.82) is 0 Å². The van der Waals surface area contributed by atoms with E-state index in [0.717, 1.165) is 35.7 Å². The average Bonchev–Trinajstić information content (AvgIpc) is 3.10. The largest absolute Gasteiger partial charge is 0.452 e. The van der Waals surface area contributed by atoms with Crippen LogP contribution in [0.3, 0.4) is 0 Å². The Hall–Kier alpha value is -3.38. The van der Waals surface area contributed by atoms with Gasteiger partial charge in [0.25, 0.3) is 11.6 Å². The van der Waals surface area contributed by atoms with Crippen molar-refractivity contribution in [2.24, 2.45) is 0 Å². The molecule has 0 radical (unpaired) electrons. The van der Waals surface area contributed by atoms with Crippen molar-refractivity contribution in [3.05, 3.63) is 74.8 Å². The minimum Gasteiger partial charge on any atom is -0.452 e. The highest BCUT2D eigenvalue weighted by molar-refractivity contribution is 8.01. The summed E-state index contributed by atoms with van der Waals surface area (Å²) in [5, 5.41) is 15.4. The lowest BCUT2D eigenvalue weighted by atomic mass is 10.2. The highest BCUT2D eigenvalue weighted by Gasteiger charge is 2.21. The van der Waals surface area contributed by atoms with E-state index < -0.39 is 35.0 Å². The zero-order chi connectivity index (χ0) is 22.5. The molecule has 1 amide bonds. The van der Waals surface area contributed by atoms with Crippen molar-refractivity contribution in [3.63, 3.8) is 0 Å². The number of aryl methyl sites for hydroxylation is 1. The fourth-order valence-electron chi connectivity index (χ4n) is 2.38. The van der Waals surface area contributed by atoms with E-state index in [-0.39, 0.29) is 16.9 Å². The molecule has 0 aliphatic rings. The minimum atomic E-state index is -0.967. The molecule has 0 aliphatic carbocycles. The molecule has 8 nitrogen and oxygen atoms in total. The summed E-state index contributed by atoms with van der Waals surface area (Å²) in [6.07, 6.45) is 0. The number of esters is 1. The number of nitro groups is 1. The van der Waals surface area contributed by atoms with Crippen LogP contribution in [0.4, 0.5) is 20.2 Å². The second-order valence-electron chi connectivity index (χ2n) is 6.08. The highest BCUT2D eigenvalue weighted by atomic mass is 32.2. The molecule has 0 spiro atoms. The normalized spacial score (nSPS) is 10.5. The lowest BCUT2D eigenvalue weighted by Crippen LogP contribution is -2.21. The number of carbonyl (C=O) groups excluding carboxylic acids is 2. The molecular weight excluding hydrogens is 452 g/mol. The van der Waals surface area contributed by atoms with Crippen LogP contribution in [0.5, 0.6) is 0 Å². The van der Waals surface area contributed by atoms with Gasteiger partial charge in [-0.1, -0.05) is 11.8 Å². The molecule has 1 aromatic heterocycles. The van der Waals surface area contributed by atoms with Crippen molar-refractivity contribution >= 4 is 46.3 Å². The highest BCUT2D eigenvalue weighted by Crippen LogP contribution is 2.36. The number of thiazole rings is 1. The Labute approximate surface area is 182 Å². The van der Waals surface area contributed by atoms with Crippen LogP contribution in [0.2, 0.25) is 0 Å². The van der Waals surface area contributed by atoms with Crippen LogP contribution in [0.25, 0.3) is 0 Å². The molecule has 0 bridgehead atoms. The predicted octanol–water partition coefficient (Wildman–Crippen LogP) is 4.58. The zero-order valence-corrected chi connectivity index (χ0v) is 17.4. The number of amides is 1. The first kappa shape index (κ1) is 22.3. The third-order valence-electron chi connectivity index (χ3n) is 3.67.